The average Bonchev–Trinajstić information content (AvgIpc) is 2.69. The van der Waals surface area contributed by atoms with Gasteiger partial charge in [0.25, 0.3) is 0 Å². The van der Waals surface area contributed by atoms with Crippen LogP contribution in [0, 0.1) is 0 Å². The smallest absolute Gasteiger partial charge is 0.161 e. The quantitative estimate of drug-likeness (QED) is 0.330. The van der Waals surface area contributed by atoms with E-state index in [-0.39, 0.29) is 0 Å². The minimum absolute atomic E-state index is 0.324. The molecule has 152 valence electrons. The Labute approximate surface area is 194 Å². The molecule has 0 unspecified atom stereocenters. The van der Waals surface area contributed by atoms with Gasteiger partial charge in [0.2, 0.25) is 0 Å². The highest BCUT2D eigenvalue weighted by molar-refractivity contribution is 9.10. The minimum atomic E-state index is 0.324. The lowest BCUT2D eigenvalue weighted by Crippen LogP contribution is -2.03. The fourth-order valence-corrected chi connectivity index (χ4v) is 3.54. The lowest BCUT2D eigenvalue weighted by atomic mass is 10.2. The third-order valence-electron chi connectivity index (χ3n) is 4.12. The van der Waals surface area contributed by atoms with Gasteiger partial charge in [-0.3, -0.25) is 0 Å². The van der Waals surface area contributed by atoms with Gasteiger partial charge in [0.1, 0.15) is 6.61 Å². The number of anilines is 1. The molecule has 7 heteroatoms. The summed E-state index contributed by atoms with van der Waals surface area (Å²) < 4.78 is 12.6. The molecule has 3 aromatic rings. The van der Waals surface area contributed by atoms with Crippen LogP contribution in [0.25, 0.3) is 0 Å². The van der Waals surface area contributed by atoms with Crippen molar-refractivity contribution in [2.75, 3.05) is 11.9 Å². The molecule has 0 aliphatic carbocycles. The molecule has 0 heterocycles. The van der Waals surface area contributed by atoms with Gasteiger partial charge in [0.15, 0.2) is 11.5 Å². The fraction of sp³-hybridized carbons (Fsp3) is 0.182. The Morgan fingerprint density at radius 2 is 1.69 bits per heavy atom. The van der Waals surface area contributed by atoms with Gasteiger partial charge in [-0.2, -0.15) is 0 Å². The van der Waals surface area contributed by atoms with E-state index in [0.29, 0.717) is 46.3 Å². The average molecular weight is 516 g/mol. The van der Waals surface area contributed by atoms with Gasteiger partial charge in [-0.15, -0.1) is 0 Å². The maximum atomic E-state index is 6.23. The van der Waals surface area contributed by atoms with Crippen molar-refractivity contribution >= 4 is 56.4 Å². The molecule has 0 aliphatic heterocycles. The number of benzene rings is 3. The van der Waals surface area contributed by atoms with E-state index in [2.05, 4.69) is 21.2 Å². The molecule has 0 saturated heterocycles. The van der Waals surface area contributed by atoms with Gasteiger partial charge < -0.3 is 14.8 Å². The van der Waals surface area contributed by atoms with Gasteiger partial charge in [0.05, 0.1) is 11.6 Å². The van der Waals surface area contributed by atoms with Gasteiger partial charge in [-0.05, 0) is 70.9 Å². The Morgan fingerprint density at radius 1 is 0.862 bits per heavy atom. The van der Waals surface area contributed by atoms with Crippen LogP contribution in [-0.4, -0.2) is 6.61 Å². The Hall–Kier alpha value is -1.59. The monoisotopic (exact) mass is 513 g/mol. The van der Waals surface area contributed by atoms with E-state index in [1.807, 2.05) is 49.4 Å². The summed E-state index contributed by atoms with van der Waals surface area (Å²) >= 11 is 21.7. The topological polar surface area (TPSA) is 30.5 Å². The van der Waals surface area contributed by atoms with E-state index in [1.165, 1.54) is 0 Å². The van der Waals surface area contributed by atoms with Crippen molar-refractivity contribution in [3.05, 3.63) is 85.3 Å². The van der Waals surface area contributed by atoms with E-state index >= 15 is 0 Å². The number of nitrogens with one attached hydrogen (secondary N) is 1. The van der Waals surface area contributed by atoms with Crippen LogP contribution < -0.4 is 14.8 Å². The summed E-state index contributed by atoms with van der Waals surface area (Å²) in [5.74, 6) is 1.35. The van der Waals surface area contributed by atoms with Crippen LogP contribution in [0.4, 0.5) is 5.69 Å². The summed E-state index contributed by atoms with van der Waals surface area (Å²) in [6, 6.07) is 17.0. The number of rotatable bonds is 8. The molecule has 0 spiro atoms. The predicted octanol–water partition coefficient (Wildman–Crippen LogP) is 8.00. The summed E-state index contributed by atoms with van der Waals surface area (Å²) in [6.07, 6.45) is 0. The van der Waals surface area contributed by atoms with Crippen LogP contribution in [-0.2, 0) is 13.2 Å². The van der Waals surface area contributed by atoms with Crippen LogP contribution in [0.15, 0.2) is 59.1 Å². The highest BCUT2D eigenvalue weighted by atomic mass is 79.9. The molecule has 0 atom stereocenters. The van der Waals surface area contributed by atoms with E-state index in [1.54, 1.807) is 12.1 Å². The third-order valence-corrected chi connectivity index (χ3v) is 5.94. The lowest BCUT2D eigenvalue weighted by Gasteiger charge is -2.15. The molecule has 29 heavy (non-hydrogen) atoms. The van der Waals surface area contributed by atoms with Crippen molar-refractivity contribution in [1.29, 1.82) is 0 Å². The molecule has 3 rings (SSSR count). The Kier molecular flexibility index (Phi) is 7.96. The largest absolute Gasteiger partial charge is 0.490 e. The summed E-state index contributed by atoms with van der Waals surface area (Å²) in [4.78, 5) is 0. The van der Waals surface area contributed by atoms with Crippen LogP contribution in [0.5, 0.6) is 11.5 Å². The second-order valence-electron chi connectivity index (χ2n) is 6.22. The third kappa shape index (κ3) is 6.19. The van der Waals surface area contributed by atoms with Crippen LogP contribution >= 0.6 is 50.7 Å². The summed E-state index contributed by atoms with van der Waals surface area (Å²) in [5, 5.41) is 5.19. The maximum Gasteiger partial charge on any atom is 0.161 e. The van der Waals surface area contributed by atoms with Crippen LogP contribution in [0.2, 0.25) is 15.1 Å². The molecule has 3 aromatic carbocycles. The van der Waals surface area contributed by atoms with E-state index < -0.39 is 0 Å². The summed E-state index contributed by atoms with van der Waals surface area (Å²) in [5.41, 5.74) is 2.86. The van der Waals surface area contributed by atoms with Gasteiger partial charge in [-0.1, -0.05) is 46.9 Å². The number of halogens is 4. The molecule has 0 fully saturated rings. The Morgan fingerprint density at radius 3 is 2.41 bits per heavy atom. The predicted molar refractivity (Wildman–Crippen MR) is 125 cm³/mol. The zero-order chi connectivity index (χ0) is 20.8. The van der Waals surface area contributed by atoms with Gasteiger partial charge >= 0.3 is 0 Å². The first-order valence-corrected chi connectivity index (χ1v) is 10.9. The molecular formula is C22H19BrCl3NO2. The lowest BCUT2D eigenvalue weighted by molar-refractivity contribution is 0.269. The van der Waals surface area contributed by atoms with Crippen molar-refractivity contribution in [2.45, 2.75) is 20.1 Å². The Balaban J connectivity index is 1.69. The Bertz CT molecular complexity index is 998. The molecule has 3 nitrogen and oxygen atoms in total. The SMILES string of the molecule is CCOc1cc(CNc2ccc(Br)c(Cl)c2)ccc1OCc1ccc(Cl)cc1Cl. The van der Waals surface area contributed by atoms with Gasteiger partial charge in [0, 0.05) is 32.3 Å². The molecule has 0 aromatic heterocycles. The molecule has 0 radical (unpaired) electrons. The van der Waals surface area contributed by atoms with Crippen molar-refractivity contribution in [3.63, 3.8) is 0 Å². The number of ether oxygens (including phenoxy) is 2. The molecule has 0 amide bonds. The molecule has 0 saturated carbocycles. The molecule has 0 bridgehead atoms. The van der Waals surface area contributed by atoms with Crippen molar-refractivity contribution in [3.8, 4) is 11.5 Å². The first kappa shape index (κ1) is 22.1. The first-order valence-electron chi connectivity index (χ1n) is 8.97. The number of hydrogen-bond acceptors (Lipinski definition) is 3. The second kappa shape index (κ2) is 10.4. The van der Waals surface area contributed by atoms with E-state index in [0.717, 1.165) is 21.3 Å². The van der Waals surface area contributed by atoms with Crippen LogP contribution in [0.3, 0.4) is 0 Å². The standard InChI is InChI=1S/C22H19BrCl3NO2/c1-2-28-22-9-14(12-27-17-6-7-18(23)20(26)11-17)3-8-21(22)29-13-15-4-5-16(24)10-19(15)25/h3-11,27H,2,12-13H2,1H3. The first-order chi connectivity index (χ1) is 14.0. The zero-order valence-electron chi connectivity index (χ0n) is 15.6. The summed E-state index contributed by atoms with van der Waals surface area (Å²) in [7, 11) is 0. The van der Waals surface area contributed by atoms with Crippen LogP contribution in [0.1, 0.15) is 18.1 Å². The number of hydrogen-bond donors (Lipinski definition) is 1. The normalized spacial score (nSPS) is 10.7. The maximum absolute atomic E-state index is 6.23. The fourth-order valence-electron chi connectivity index (χ4n) is 2.65. The van der Waals surface area contributed by atoms with Crippen molar-refractivity contribution in [2.24, 2.45) is 0 Å². The molecular weight excluding hydrogens is 497 g/mol. The van der Waals surface area contributed by atoms with Crippen molar-refractivity contribution in [1.82, 2.24) is 0 Å². The van der Waals surface area contributed by atoms with E-state index in [9.17, 15) is 0 Å². The van der Waals surface area contributed by atoms with Crippen molar-refractivity contribution < 1.29 is 9.47 Å². The summed E-state index contributed by atoms with van der Waals surface area (Å²) in [6.45, 7) is 3.43. The molecule has 0 aliphatic rings. The van der Waals surface area contributed by atoms with Gasteiger partial charge in [-0.25, -0.2) is 0 Å². The second-order valence-corrected chi connectivity index (χ2v) is 8.33. The van der Waals surface area contributed by atoms with E-state index in [4.69, 9.17) is 44.3 Å². The minimum Gasteiger partial charge on any atom is -0.490 e. The molecule has 1 N–H and O–H groups in total. The highest BCUT2D eigenvalue weighted by Crippen LogP contribution is 2.31. The zero-order valence-corrected chi connectivity index (χ0v) is 19.5. The highest BCUT2D eigenvalue weighted by Gasteiger charge is 2.09.